The van der Waals surface area contributed by atoms with E-state index in [2.05, 4.69) is 48.8 Å². The molecule has 1 unspecified atom stereocenters. The molecule has 0 bridgehead atoms. The molecule has 1 rings (SSSR count). The summed E-state index contributed by atoms with van der Waals surface area (Å²) in [4.78, 5) is 0. The molecule has 0 saturated heterocycles. The molecule has 114 valence electrons. The van der Waals surface area contributed by atoms with Gasteiger partial charge < -0.3 is 5.11 Å². The van der Waals surface area contributed by atoms with Crippen molar-refractivity contribution in [1.82, 2.24) is 0 Å². The van der Waals surface area contributed by atoms with Crippen LogP contribution in [0.3, 0.4) is 0 Å². The molecule has 2 heteroatoms. The van der Waals surface area contributed by atoms with Crippen LogP contribution in [-0.2, 0) is 0 Å². The van der Waals surface area contributed by atoms with Crippen LogP contribution in [0.25, 0.3) is 0 Å². The Kier molecular flexibility index (Phi) is 8.47. The highest BCUT2D eigenvalue weighted by molar-refractivity contribution is 9.10. The molecule has 0 radical (unpaired) electrons. The summed E-state index contributed by atoms with van der Waals surface area (Å²) in [6.45, 7) is 6.40. The van der Waals surface area contributed by atoms with E-state index in [-0.39, 0.29) is 6.10 Å². The number of halogens is 1. The molecule has 1 atom stereocenters. The van der Waals surface area contributed by atoms with Crippen LogP contribution in [0.15, 0.2) is 16.6 Å². The molecule has 1 nitrogen and oxygen atoms in total. The molecule has 0 spiro atoms. The SMILES string of the molecule is CCCCCCCCCC(O)c1cc(C)c(Br)cc1C. The highest BCUT2D eigenvalue weighted by atomic mass is 79.9. The van der Waals surface area contributed by atoms with Gasteiger partial charge in [0.25, 0.3) is 0 Å². The van der Waals surface area contributed by atoms with Gasteiger partial charge in [-0.2, -0.15) is 0 Å². The Labute approximate surface area is 132 Å². The monoisotopic (exact) mass is 340 g/mol. The van der Waals surface area contributed by atoms with Gasteiger partial charge in [-0.05, 0) is 43.0 Å². The summed E-state index contributed by atoms with van der Waals surface area (Å²) in [6, 6.07) is 4.23. The second-order valence-corrected chi connectivity index (χ2v) is 6.74. The van der Waals surface area contributed by atoms with E-state index >= 15 is 0 Å². The molecule has 0 aliphatic rings. The predicted octanol–water partition coefficient (Wildman–Crippen LogP) is 6.24. The van der Waals surface area contributed by atoms with Crippen LogP contribution in [-0.4, -0.2) is 5.11 Å². The first-order valence-corrected chi connectivity index (χ1v) is 8.80. The van der Waals surface area contributed by atoms with Crippen molar-refractivity contribution in [3.05, 3.63) is 33.3 Å². The van der Waals surface area contributed by atoms with Gasteiger partial charge in [-0.1, -0.05) is 73.9 Å². The molecule has 0 amide bonds. The van der Waals surface area contributed by atoms with E-state index in [1.54, 1.807) is 0 Å². The predicted molar refractivity (Wildman–Crippen MR) is 91.2 cm³/mol. The summed E-state index contributed by atoms with van der Waals surface area (Å²) in [6.07, 6.45) is 9.64. The summed E-state index contributed by atoms with van der Waals surface area (Å²) in [7, 11) is 0. The molecule has 0 aliphatic carbocycles. The Morgan fingerprint density at radius 3 is 2.20 bits per heavy atom. The van der Waals surface area contributed by atoms with Crippen molar-refractivity contribution in [3.63, 3.8) is 0 Å². The smallest absolute Gasteiger partial charge is 0.0792 e. The zero-order valence-electron chi connectivity index (χ0n) is 13.2. The number of hydrogen-bond donors (Lipinski definition) is 1. The topological polar surface area (TPSA) is 20.2 Å². The van der Waals surface area contributed by atoms with Gasteiger partial charge >= 0.3 is 0 Å². The van der Waals surface area contributed by atoms with Gasteiger partial charge in [0.15, 0.2) is 0 Å². The van der Waals surface area contributed by atoms with E-state index in [4.69, 9.17) is 0 Å². The van der Waals surface area contributed by atoms with Gasteiger partial charge in [-0.25, -0.2) is 0 Å². The van der Waals surface area contributed by atoms with Crippen LogP contribution < -0.4 is 0 Å². The van der Waals surface area contributed by atoms with Gasteiger partial charge in [-0.15, -0.1) is 0 Å². The van der Waals surface area contributed by atoms with Gasteiger partial charge in [-0.3, -0.25) is 0 Å². The van der Waals surface area contributed by atoms with Crippen molar-refractivity contribution in [1.29, 1.82) is 0 Å². The van der Waals surface area contributed by atoms with E-state index < -0.39 is 0 Å². The molecular weight excluding hydrogens is 312 g/mol. The zero-order chi connectivity index (χ0) is 15.0. The Morgan fingerprint density at radius 2 is 1.55 bits per heavy atom. The van der Waals surface area contributed by atoms with Crippen molar-refractivity contribution in [2.75, 3.05) is 0 Å². The summed E-state index contributed by atoms with van der Waals surface area (Å²) >= 11 is 3.54. The van der Waals surface area contributed by atoms with Crippen LogP contribution in [0.2, 0.25) is 0 Å². The Bertz CT molecular complexity index is 401. The lowest BCUT2D eigenvalue weighted by atomic mass is 9.96. The van der Waals surface area contributed by atoms with Gasteiger partial charge in [0, 0.05) is 4.47 Å². The first-order valence-electron chi connectivity index (χ1n) is 8.01. The third-order valence-corrected chi connectivity index (χ3v) is 4.84. The molecule has 20 heavy (non-hydrogen) atoms. The average molecular weight is 341 g/mol. The number of unbranched alkanes of at least 4 members (excludes halogenated alkanes) is 6. The average Bonchev–Trinajstić information content (AvgIpc) is 2.41. The van der Waals surface area contributed by atoms with Crippen molar-refractivity contribution < 1.29 is 5.11 Å². The molecule has 0 aromatic heterocycles. The molecule has 1 aromatic carbocycles. The van der Waals surface area contributed by atoms with Crippen LogP contribution >= 0.6 is 15.9 Å². The molecule has 0 aliphatic heterocycles. The standard InChI is InChI=1S/C18H29BrO/c1-4-5-6-7-8-9-10-11-18(20)16-12-15(3)17(19)13-14(16)2/h12-13,18,20H,4-11H2,1-3H3. The van der Waals surface area contributed by atoms with Crippen LogP contribution in [0.4, 0.5) is 0 Å². The molecule has 0 fully saturated rings. The molecule has 1 aromatic rings. The molecular formula is C18H29BrO. The number of aliphatic hydroxyl groups excluding tert-OH is 1. The lowest BCUT2D eigenvalue weighted by molar-refractivity contribution is 0.162. The maximum atomic E-state index is 10.3. The third-order valence-electron chi connectivity index (χ3n) is 3.99. The van der Waals surface area contributed by atoms with Crippen LogP contribution in [0, 0.1) is 13.8 Å². The van der Waals surface area contributed by atoms with Gasteiger partial charge in [0.1, 0.15) is 0 Å². The lowest BCUT2D eigenvalue weighted by Gasteiger charge is -2.15. The quantitative estimate of drug-likeness (QED) is 0.527. The fourth-order valence-electron chi connectivity index (χ4n) is 2.61. The summed E-state index contributed by atoms with van der Waals surface area (Å²) in [5, 5.41) is 10.3. The van der Waals surface area contributed by atoms with E-state index in [1.165, 1.54) is 49.7 Å². The number of benzene rings is 1. The first kappa shape index (κ1) is 17.7. The minimum absolute atomic E-state index is 0.308. The third kappa shape index (κ3) is 5.97. The van der Waals surface area contributed by atoms with Crippen molar-refractivity contribution >= 4 is 15.9 Å². The highest BCUT2D eigenvalue weighted by Gasteiger charge is 2.11. The summed E-state index contributed by atoms with van der Waals surface area (Å²) < 4.78 is 1.13. The number of aryl methyl sites for hydroxylation is 2. The summed E-state index contributed by atoms with van der Waals surface area (Å²) in [5.74, 6) is 0. The zero-order valence-corrected chi connectivity index (χ0v) is 14.8. The largest absolute Gasteiger partial charge is 0.388 e. The van der Waals surface area contributed by atoms with Crippen molar-refractivity contribution in [3.8, 4) is 0 Å². The molecule has 0 heterocycles. The highest BCUT2D eigenvalue weighted by Crippen LogP contribution is 2.28. The lowest BCUT2D eigenvalue weighted by Crippen LogP contribution is -2.01. The second-order valence-electron chi connectivity index (χ2n) is 5.88. The number of rotatable bonds is 9. The first-order chi connectivity index (χ1) is 9.56. The number of hydrogen-bond acceptors (Lipinski definition) is 1. The van der Waals surface area contributed by atoms with Crippen LogP contribution in [0.5, 0.6) is 0 Å². The van der Waals surface area contributed by atoms with E-state index in [0.29, 0.717) is 0 Å². The van der Waals surface area contributed by atoms with Crippen LogP contribution in [0.1, 0.15) is 81.1 Å². The summed E-state index contributed by atoms with van der Waals surface area (Å²) in [5.41, 5.74) is 3.47. The van der Waals surface area contributed by atoms with E-state index in [1.807, 2.05) is 0 Å². The fourth-order valence-corrected chi connectivity index (χ4v) is 3.07. The molecule has 0 saturated carbocycles. The van der Waals surface area contributed by atoms with Gasteiger partial charge in [0.05, 0.1) is 6.10 Å². The minimum Gasteiger partial charge on any atom is -0.388 e. The second kappa shape index (κ2) is 9.57. The van der Waals surface area contributed by atoms with Crippen molar-refractivity contribution in [2.24, 2.45) is 0 Å². The van der Waals surface area contributed by atoms with E-state index in [9.17, 15) is 5.11 Å². The van der Waals surface area contributed by atoms with E-state index in [0.717, 1.165) is 22.9 Å². The Balaban J connectivity index is 2.32. The number of aliphatic hydroxyl groups is 1. The fraction of sp³-hybridized carbons (Fsp3) is 0.667. The van der Waals surface area contributed by atoms with Gasteiger partial charge in [0.2, 0.25) is 0 Å². The Morgan fingerprint density at radius 1 is 0.950 bits per heavy atom. The minimum atomic E-state index is -0.308. The molecule has 1 N–H and O–H groups in total. The van der Waals surface area contributed by atoms with Crippen molar-refractivity contribution in [2.45, 2.75) is 78.2 Å². The Hall–Kier alpha value is -0.340. The maximum Gasteiger partial charge on any atom is 0.0792 e. The maximum absolute atomic E-state index is 10.3. The normalized spacial score (nSPS) is 12.7.